The zero-order valence-corrected chi connectivity index (χ0v) is 9.95. The van der Waals surface area contributed by atoms with E-state index < -0.39 is 11.7 Å². The molecule has 2 rings (SSSR count). The van der Waals surface area contributed by atoms with Crippen molar-refractivity contribution in [3.63, 3.8) is 0 Å². The molecule has 0 radical (unpaired) electrons. The van der Waals surface area contributed by atoms with Crippen LogP contribution in [0.5, 0.6) is 5.75 Å². The second kappa shape index (κ2) is 4.52. The average molecular weight is 249 g/mol. The molecule has 0 spiro atoms. The molecule has 0 bridgehead atoms. The number of rotatable bonds is 2. The molecule has 0 atom stereocenters. The van der Waals surface area contributed by atoms with Gasteiger partial charge in [0.05, 0.1) is 5.56 Å². The molecule has 18 heavy (non-hydrogen) atoms. The van der Waals surface area contributed by atoms with Crippen molar-refractivity contribution >= 4 is 11.6 Å². The Kier molecular flexibility index (Phi) is 3.06. The van der Waals surface area contributed by atoms with Gasteiger partial charge in [0.15, 0.2) is 5.82 Å². The molecule has 1 aromatic heterocycles. The van der Waals surface area contributed by atoms with Gasteiger partial charge in [0.1, 0.15) is 23.0 Å². The molecule has 94 valence electrons. The molecule has 4 nitrogen and oxygen atoms in total. The van der Waals surface area contributed by atoms with Crippen molar-refractivity contribution in [1.82, 2.24) is 0 Å². The monoisotopic (exact) mass is 249 g/mol. The number of benzene rings is 1. The number of nitrogens with one attached hydrogen (secondary N) is 1. The van der Waals surface area contributed by atoms with Crippen LogP contribution in [0.15, 0.2) is 28.7 Å². The first-order chi connectivity index (χ1) is 8.49. The summed E-state index contributed by atoms with van der Waals surface area (Å²) in [5, 5.41) is 11.8. The highest BCUT2D eigenvalue weighted by Gasteiger charge is 2.17. The minimum Gasteiger partial charge on any atom is -0.506 e. The van der Waals surface area contributed by atoms with E-state index in [-0.39, 0.29) is 11.4 Å². The van der Waals surface area contributed by atoms with E-state index in [0.717, 1.165) is 6.07 Å². The quantitative estimate of drug-likeness (QED) is 0.804. The highest BCUT2D eigenvalue weighted by Crippen LogP contribution is 2.27. The van der Waals surface area contributed by atoms with Gasteiger partial charge in [-0.2, -0.15) is 0 Å². The summed E-state index contributed by atoms with van der Waals surface area (Å²) >= 11 is 0. The van der Waals surface area contributed by atoms with Gasteiger partial charge in [-0.25, -0.2) is 4.39 Å². The van der Waals surface area contributed by atoms with Crippen LogP contribution < -0.4 is 5.32 Å². The van der Waals surface area contributed by atoms with Gasteiger partial charge in [0.2, 0.25) is 0 Å². The number of aromatic hydroxyl groups is 1. The SMILES string of the molecule is Cc1cc(C(=O)Nc2c(O)cccc2F)c(C)o1. The van der Waals surface area contributed by atoms with E-state index in [1.165, 1.54) is 12.1 Å². The molecule has 0 aliphatic carbocycles. The van der Waals surface area contributed by atoms with Crippen molar-refractivity contribution in [1.29, 1.82) is 0 Å². The molecule has 1 aromatic carbocycles. The molecule has 0 aliphatic rings. The first kappa shape index (κ1) is 12.2. The lowest BCUT2D eigenvalue weighted by molar-refractivity contribution is 0.102. The van der Waals surface area contributed by atoms with Gasteiger partial charge in [-0.05, 0) is 32.0 Å². The van der Waals surface area contributed by atoms with Crippen molar-refractivity contribution < 1.29 is 18.7 Å². The van der Waals surface area contributed by atoms with E-state index in [2.05, 4.69) is 5.32 Å². The highest BCUT2D eigenvalue weighted by molar-refractivity contribution is 6.05. The van der Waals surface area contributed by atoms with Gasteiger partial charge in [-0.3, -0.25) is 4.79 Å². The van der Waals surface area contributed by atoms with Gasteiger partial charge >= 0.3 is 0 Å². The van der Waals surface area contributed by atoms with Gasteiger partial charge < -0.3 is 14.8 Å². The minimum absolute atomic E-state index is 0.235. The fraction of sp³-hybridized carbons (Fsp3) is 0.154. The average Bonchev–Trinajstić information content (AvgIpc) is 2.63. The third-order valence-corrected chi connectivity index (χ3v) is 2.52. The number of amides is 1. The molecule has 0 aliphatic heterocycles. The predicted octanol–water partition coefficient (Wildman–Crippen LogP) is 2.99. The lowest BCUT2D eigenvalue weighted by Crippen LogP contribution is -2.13. The fourth-order valence-electron chi connectivity index (χ4n) is 1.67. The van der Waals surface area contributed by atoms with Gasteiger partial charge in [0, 0.05) is 0 Å². The lowest BCUT2D eigenvalue weighted by atomic mass is 10.2. The van der Waals surface area contributed by atoms with Crippen LogP contribution in [-0.2, 0) is 0 Å². The Morgan fingerprint density at radius 1 is 1.39 bits per heavy atom. The molecule has 0 saturated carbocycles. The Morgan fingerprint density at radius 2 is 2.11 bits per heavy atom. The van der Waals surface area contributed by atoms with E-state index in [0.29, 0.717) is 17.1 Å². The maximum Gasteiger partial charge on any atom is 0.259 e. The minimum atomic E-state index is -0.693. The number of carbonyl (C=O) groups excluding carboxylic acids is 1. The lowest BCUT2D eigenvalue weighted by Gasteiger charge is -2.07. The van der Waals surface area contributed by atoms with Crippen LogP contribution in [0, 0.1) is 19.7 Å². The van der Waals surface area contributed by atoms with E-state index in [1.54, 1.807) is 19.9 Å². The molecule has 2 aromatic rings. The van der Waals surface area contributed by atoms with E-state index in [1.807, 2.05) is 0 Å². The van der Waals surface area contributed by atoms with Gasteiger partial charge in [0.25, 0.3) is 5.91 Å². The standard InChI is InChI=1S/C13H12FNO3/c1-7-6-9(8(2)18-7)13(17)15-12-10(14)4-3-5-11(12)16/h3-6,16H,1-2H3,(H,15,17). The Labute approximate surface area is 103 Å². The third-order valence-electron chi connectivity index (χ3n) is 2.52. The van der Waals surface area contributed by atoms with E-state index in [4.69, 9.17) is 4.42 Å². The predicted molar refractivity (Wildman–Crippen MR) is 64.2 cm³/mol. The summed E-state index contributed by atoms with van der Waals surface area (Å²) in [4.78, 5) is 11.9. The number of halogens is 1. The maximum atomic E-state index is 13.4. The second-order valence-electron chi connectivity index (χ2n) is 3.91. The van der Waals surface area contributed by atoms with Crippen molar-refractivity contribution in [2.75, 3.05) is 5.32 Å². The molecule has 0 saturated heterocycles. The van der Waals surface area contributed by atoms with E-state index in [9.17, 15) is 14.3 Å². The highest BCUT2D eigenvalue weighted by atomic mass is 19.1. The summed E-state index contributed by atoms with van der Waals surface area (Å²) in [6, 6.07) is 5.37. The molecule has 5 heteroatoms. The summed E-state index contributed by atoms with van der Waals surface area (Å²) in [5.41, 5.74) is 0.0795. The summed E-state index contributed by atoms with van der Waals surface area (Å²) in [6.45, 7) is 3.35. The molecular formula is C13H12FNO3. The molecule has 0 fully saturated rings. The molecule has 0 unspecified atom stereocenters. The van der Waals surface area contributed by atoms with Crippen molar-refractivity contribution in [2.24, 2.45) is 0 Å². The first-order valence-electron chi connectivity index (χ1n) is 5.35. The molecule has 2 N–H and O–H groups in total. The smallest absolute Gasteiger partial charge is 0.259 e. The van der Waals surface area contributed by atoms with Crippen molar-refractivity contribution in [3.05, 3.63) is 47.2 Å². The van der Waals surface area contributed by atoms with Gasteiger partial charge in [-0.15, -0.1) is 0 Å². The van der Waals surface area contributed by atoms with Crippen molar-refractivity contribution in [2.45, 2.75) is 13.8 Å². The zero-order chi connectivity index (χ0) is 13.3. The van der Waals surface area contributed by atoms with Crippen LogP contribution in [0.4, 0.5) is 10.1 Å². The van der Waals surface area contributed by atoms with Crippen LogP contribution in [0.25, 0.3) is 0 Å². The topological polar surface area (TPSA) is 62.5 Å². The number of furan rings is 1. The maximum absolute atomic E-state index is 13.4. The fourth-order valence-corrected chi connectivity index (χ4v) is 1.67. The number of carbonyl (C=O) groups is 1. The number of para-hydroxylation sites is 1. The van der Waals surface area contributed by atoms with Gasteiger partial charge in [-0.1, -0.05) is 6.07 Å². The van der Waals surface area contributed by atoms with Crippen LogP contribution in [-0.4, -0.2) is 11.0 Å². The number of hydrogen-bond donors (Lipinski definition) is 2. The first-order valence-corrected chi connectivity index (χ1v) is 5.35. The summed E-state index contributed by atoms with van der Waals surface area (Å²) in [5.74, 6) is -0.497. The number of phenols is 1. The van der Waals surface area contributed by atoms with E-state index >= 15 is 0 Å². The molecule has 1 heterocycles. The number of hydrogen-bond acceptors (Lipinski definition) is 3. The third kappa shape index (κ3) is 2.20. The van der Waals surface area contributed by atoms with Crippen molar-refractivity contribution in [3.8, 4) is 5.75 Å². The Morgan fingerprint density at radius 3 is 2.67 bits per heavy atom. The number of aryl methyl sites for hydroxylation is 2. The molecule has 1 amide bonds. The summed E-state index contributed by atoms with van der Waals surface area (Å²) in [6.07, 6.45) is 0. The second-order valence-corrected chi connectivity index (χ2v) is 3.91. The molecular weight excluding hydrogens is 237 g/mol. The largest absolute Gasteiger partial charge is 0.506 e. The number of phenolic OH excluding ortho intramolecular Hbond substituents is 1. The summed E-state index contributed by atoms with van der Waals surface area (Å²) in [7, 11) is 0. The normalized spacial score (nSPS) is 10.4. The zero-order valence-electron chi connectivity index (χ0n) is 9.95. The van der Waals surface area contributed by atoms with Crippen LogP contribution >= 0.6 is 0 Å². The Bertz CT molecular complexity index is 584. The Balaban J connectivity index is 2.30. The van der Waals surface area contributed by atoms with Crippen LogP contribution in [0.2, 0.25) is 0 Å². The van der Waals surface area contributed by atoms with Crippen LogP contribution in [0.1, 0.15) is 21.9 Å². The summed E-state index contributed by atoms with van der Waals surface area (Å²) < 4.78 is 18.7. The Hall–Kier alpha value is -2.30. The number of anilines is 1. The van der Waals surface area contributed by atoms with Crippen LogP contribution in [0.3, 0.4) is 0 Å².